The minimum absolute atomic E-state index is 0.134. The van der Waals surface area contributed by atoms with Gasteiger partial charge in [-0.05, 0) is 52.0 Å². The number of rotatable bonds is 6. The molecule has 28 heavy (non-hydrogen) atoms. The molecule has 7 nitrogen and oxygen atoms in total. The number of nitrogens with one attached hydrogen (secondary N) is 2. The molecule has 1 heterocycles. The molecule has 2 unspecified atom stereocenters. The Balaban J connectivity index is 2.15. The van der Waals surface area contributed by atoms with E-state index in [1.165, 1.54) is 0 Å². The van der Waals surface area contributed by atoms with Gasteiger partial charge in [0.25, 0.3) is 0 Å². The first kappa shape index (κ1) is 22.3. The van der Waals surface area contributed by atoms with Crippen LogP contribution < -0.4 is 10.6 Å². The quantitative estimate of drug-likeness (QED) is 0.556. The lowest BCUT2D eigenvalue weighted by Crippen LogP contribution is -2.41. The summed E-state index contributed by atoms with van der Waals surface area (Å²) in [5.74, 6) is 0. The van der Waals surface area contributed by atoms with Crippen molar-refractivity contribution in [3.63, 3.8) is 0 Å². The molecule has 0 aliphatic carbocycles. The average molecular weight is 408 g/mol. The Hall–Kier alpha value is -2.03. The number of ether oxygens (including phenoxy) is 1. The van der Waals surface area contributed by atoms with Crippen molar-refractivity contribution in [2.24, 2.45) is 0 Å². The summed E-state index contributed by atoms with van der Waals surface area (Å²) in [6.07, 6.45) is 2.76. The van der Waals surface area contributed by atoms with E-state index in [0.717, 1.165) is 11.9 Å². The summed E-state index contributed by atoms with van der Waals surface area (Å²) in [6, 6.07) is 5.09. The molecule has 1 saturated heterocycles. The fourth-order valence-electron chi connectivity index (χ4n) is 3.11. The normalized spacial score (nSPS) is 19.2. The van der Waals surface area contributed by atoms with Gasteiger partial charge in [-0.15, -0.1) is 4.31 Å². The number of aldehydes is 1. The molecule has 0 radical (unpaired) electrons. The molecule has 1 aliphatic heterocycles. The summed E-state index contributed by atoms with van der Waals surface area (Å²) in [6.45, 7) is 8.33. The number of amides is 1. The number of allylic oxidation sites excluding steroid dienone is 1. The fraction of sp³-hybridized carbons (Fsp3) is 0.500. The third-order valence-corrected chi connectivity index (χ3v) is 5.75. The van der Waals surface area contributed by atoms with Crippen LogP contribution in [0.4, 0.5) is 4.79 Å². The van der Waals surface area contributed by atoms with Crippen LogP contribution in [-0.2, 0) is 16.1 Å². The van der Waals surface area contributed by atoms with E-state index >= 15 is 0 Å². The molecule has 8 heteroatoms. The van der Waals surface area contributed by atoms with Gasteiger partial charge in [0, 0.05) is 24.7 Å². The molecule has 2 N–H and O–H groups in total. The molecule has 0 bridgehead atoms. The molecule has 2 atom stereocenters. The maximum absolute atomic E-state index is 13.2. The molecule has 1 fully saturated rings. The maximum atomic E-state index is 13.2. The van der Waals surface area contributed by atoms with E-state index in [-0.39, 0.29) is 6.04 Å². The van der Waals surface area contributed by atoms with Crippen LogP contribution in [0.25, 0.3) is 5.57 Å². The highest BCUT2D eigenvalue weighted by molar-refractivity contribution is 7.89. The number of nitrogens with zero attached hydrogens (tertiary/aromatic N) is 1. The van der Waals surface area contributed by atoms with Gasteiger partial charge in [-0.1, -0.05) is 12.1 Å². The summed E-state index contributed by atoms with van der Waals surface area (Å²) in [7, 11) is 1.77. The van der Waals surface area contributed by atoms with Crippen molar-refractivity contribution in [3.8, 4) is 0 Å². The third-order valence-electron chi connectivity index (χ3n) is 4.24. The highest BCUT2D eigenvalue weighted by atomic mass is 32.2. The number of carbonyl (C=O) groups excluding carboxylic acids is 2. The SMILES string of the molecule is CN/C=C(/C)c1c(C=O)cccc1[S+]([O-])N1CCC(NC(=O)OC(C)(C)C)C1. The molecular formula is C20H29N3O4S. The van der Waals surface area contributed by atoms with Crippen LogP contribution in [-0.4, -0.2) is 53.0 Å². The summed E-state index contributed by atoms with van der Waals surface area (Å²) in [5, 5.41) is 5.79. The van der Waals surface area contributed by atoms with Crippen molar-refractivity contribution in [3.05, 3.63) is 35.5 Å². The molecule has 0 spiro atoms. The molecule has 1 amide bonds. The summed E-state index contributed by atoms with van der Waals surface area (Å²) >= 11 is -1.45. The number of benzene rings is 1. The zero-order chi connectivity index (χ0) is 20.9. The fourth-order valence-corrected chi connectivity index (χ4v) is 4.63. The van der Waals surface area contributed by atoms with E-state index in [2.05, 4.69) is 10.6 Å². The van der Waals surface area contributed by atoms with Gasteiger partial charge in [0.1, 0.15) is 5.60 Å². The molecular weight excluding hydrogens is 378 g/mol. The first-order valence-corrected chi connectivity index (χ1v) is 10.4. The van der Waals surface area contributed by atoms with Gasteiger partial charge in [-0.25, -0.2) is 4.79 Å². The van der Waals surface area contributed by atoms with Crippen LogP contribution >= 0.6 is 0 Å². The van der Waals surface area contributed by atoms with E-state index in [0.29, 0.717) is 35.5 Å². The Labute approximate surface area is 169 Å². The number of alkyl carbamates (subject to hydrolysis) is 1. The standard InChI is InChI=1S/C20H29N3O4S/c1-14(11-21-5)18-15(13-24)7-6-8-17(18)28(26)23-10-9-16(12-23)22-19(25)27-20(2,3)4/h6-8,11,13,16,21H,9-10,12H2,1-5H3,(H,22,25)/b14-11-. The van der Waals surface area contributed by atoms with Gasteiger partial charge >= 0.3 is 6.09 Å². The smallest absolute Gasteiger partial charge is 0.407 e. The van der Waals surface area contributed by atoms with E-state index < -0.39 is 23.1 Å². The Bertz CT molecular complexity index is 745. The van der Waals surface area contributed by atoms with Gasteiger partial charge in [-0.3, -0.25) is 4.79 Å². The minimum Gasteiger partial charge on any atom is -0.593 e. The summed E-state index contributed by atoms with van der Waals surface area (Å²) < 4.78 is 20.3. The van der Waals surface area contributed by atoms with Crippen molar-refractivity contribution in [1.29, 1.82) is 0 Å². The molecule has 1 aliphatic rings. The third kappa shape index (κ3) is 5.73. The largest absolute Gasteiger partial charge is 0.593 e. The van der Waals surface area contributed by atoms with Crippen molar-refractivity contribution < 1.29 is 18.9 Å². The van der Waals surface area contributed by atoms with Gasteiger partial charge in [0.05, 0.1) is 23.9 Å². The maximum Gasteiger partial charge on any atom is 0.407 e. The van der Waals surface area contributed by atoms with E-state index in [1.807, 2.05) is 32.0 Å². The molecule has 1 aromatic rings. The second kappa shape index (κ2) is 9.45. The van der Waals surface area contributed by atoms with Crippen molar-refractivity contribution in [2.75, 3.05) is 20.1 Å². The van der Waals surface area contributed by atoms with Crippen molar-refractivity contribution >= 4 is 29.3 Å². The zero-order valence-corrected chi connectivity index (χ0v) is 17.9. The van der Waals surface area contributed by atoms with E-state index in [4.69, 9.17) is 4.74 Å². The Morgan fingerprint density at radius 2 is 2.11 bits per heavy atom. The Kier molecular flexibility index (Phi) is 7.51. The minimum atomic E-state index is -1.45. The molecule has 0 saturated carbocycles. The van der Waals surface area contributed by atoms with E-state index in [9.17, 15) is 14.1 Å². The summed E-state index contributed by atoms with van der Waals surface area (Å²) in [5.41, 5.74) is 1.44. The summed E-state index contributed by atoms with van der Waals surface area (Å²) in [4.78, 5) is 24.1. The first-order valence-electron chi connectivity index (χ1n) is 9.25. The van der Waals surface area contributed by atoms with Gasteiger partial charge < -0.3 is 19.9 Å². The van der Waals surface area contributed by atoms with Gasteiger partial charge in [0.15, 0.2) is 11.2 Å². The second-order valence-electron chi connectivity index (χ2n) is 7.72. The topological polar surface area (TPSA) is 93.7 Å². The van der Waals surface area contributed by atoms with Crippen LogP contribution in [0.2, 0.25) is 0 Å². The second-order valence-corrected chi connectivity index (χ2v) is 9.18. The van der Waals surface area contributed by atoms with Gasteiger partial charge in [0.2, 0.25) is 0 Å². The van der Waals surface area contributed by atoms with E-state index in [1.54, 1.807) is 31.4 Å². The lowest BCUT2D eigenvalue weighted by Gasteiger charge is -2.23. The first-order chi connectivity index (χ1) is 13.2. The zero-order valence-electron chi connectivity index (χ0n) is 17.1. The monoisotopic (exact) mass is 407 g/mol. The van der Waals surface area contributed by atoms with Gasteiger partial charge in [-0.2, -0.15) is 0 Å². The number of carbonyl (C=O) groups is 2. The van der Waals surface area contributed by atoms with Crippen LogP contribution in [0.15, 0.2) is 29.3 Å². The number of hydrogen-bond donors (Lipinski definition) is 2. The highest BCUT2D eigenvalue weighted by Crippen LogP contribution is 2.30. The lowest BCUT2D eigenvalue weighted by atomic mass is 10.0. The molecule has 2 rings (SSSR count). The number of hydrogen-bond acceptors (Lipinski definition) is 6. The predicted octanol–water partition coefficient (Wildman–Crippen LogP) is 2.70. The van der Waals surface area contributed by atoms with Crippen LogP contribution in [0.5, 0.6) is 0 Å². The van der Waals surface area contributed by atoms with Crippen molar-refractivity contribution in [1.82, 2.24) is 14.9 Å². The molecule has 1 aromatic carbocycles. The van der Waals surface area contributed by atoms with Crippen molar-refractivity contribution in [2.45, 2.75) is 50.7 Å². The predicted molar refractivity (Wildman–Crippen MR) is 110 cm³/mol. The Morgan fingerprint density at radius 1 is 1.39 bits per heavy atom. The molecule has 154 valence electrons. The van der Waals surface area contributed by atoms with Crippen LogP contribution in [0.3, 0.4) is 0 Å². The van der Waals surface area contributed by atoms with Crippen LogP contribution in [0.1, 0.15) is 50.0 Å². The average Bonchev–Trinajstić information content (AvgIpc) is 3.07. The van der Waals surface area contributed by atoms with Crippen LogP contribution in [0, 0.1) is 0 Å². The highest BCUT2D eigenvalue weighted by Gasteiger charge is 2.35. The Morgan fingerprint density at radius 3 is 2.71 bits per heavy atom. The molecule has 0 aromatic heterocycles. The lowest BCUT2D eigenvalue weighted by molar-refractivity contribution is 0.0507.